The van der Waals surface area contributed by atoms with Crippen LogP contribution in [0.15, 0.2) is 6.20 Å². The lowest BCUT2D eigenvalue weighted by Gasteiger charge is -2.01. The minimum absolute atomic E-state index is 0.406. The van der Waals surface area contributed by atoms with Crippen molar-refractivity contribution in [2.45, 2.75) is 52.0 Å². The van der Waals surface area contributed by atoms with E-state index in [0.29, 0.717) is 6.04 Å². The van der Waals surface area contributed by atoms with Crippen LogP contribution in [0.1, 0.15) is 51.3 Å². The van der Waals surface area contributed by atoms with Gasteiger partial charge in [0.25, 0.3) is 0 Å². The predicted octanol–water partition coefficient (Wildman–Crippen LogP) is 1.92. The minimum atomic E-state index is 0.406. The van der Waals surface area contributed by atoms with Gasteiger partial charge >= 0.3 is 0 Å². The second-order valence-electron chi connectivity index (χ2n) is 4.24. The number of unbranched alkanes of at least 4 members (excludes halogenated alkanes) is 3. The van der Waals surface area contributed by atoms with Crippen molar-refractivity contribution in [2.24, 2.45) is 5.73 Å². The average Bonchev–Trinajstić information content (AvgIpc) is 2.66. The van der Waals surface area contributed by atoms with Gasteiger partial charge in [-0.3, -0.25) is 0 Å². The zero-order valence-electron chi connectivity index (χ0n) is 9.82. The summed E-state index contributed by atoms with van der Waals surface area (Å²) in [4.78, 5) is 0. The first-order valence-electron chi connectivity index (χ1n) is 5.85. The molecule has 0 saturated heterocycles. The van der Waals surface area contributed by atoms with Crippen molar-refractivity contribution < 1.29 is 0 Å². The van der Waals surface area contributed by atoms with Crippen LogP contribution in [-0.2, 0) is 6.42 Å². The molecule has 0 aliphatic rings. The highest BCUT2D eigenvalue weighted by Crippen LogP contribution is 2.07. The fourth-order valence-electron chi connectivity index (χ4n) is 1.48. The number of aromatic nitrogens is 3. The molecule has 15 heavy (non-hydrogen) atoms. The third-order valence-corrected chi connectivity index (χ3v) is 2.47. The molecule has 0 bridgehead atoms. The summed E-state index contributed by atoms with van der Waals surface area (Å²) in [5.74, 6) is 0. The van der Waals surface area contributed by atoms with Crippen molar-refractivity contribution in [2.75, 3.05) is 6.54 Å². The minimum Gasteiger partial charge on any atom is -0.330 e. The zero-order chi connectivity index (χ0) is 11.1. The lowest BCUT2D eigenvalue weighted by atomic mass is 10.1. The Morgan fingerprint density at radius 2 is 2.00 bits per heavy atom. The lowest BCUT2D eigenvalue weighted by Crippen LogP contribution is -2.00. The van der Waals surface area contributed by atoms with Gasteiger partial charge in [-0.15, -0.1) is 5.10 Å². The molecule has 0 atom stereocenters. The molecule has 0 aromatic carbocycles. The molecule has 2 N–H and O–H groups in total. The highest BCUT2D eigenvalue weighted by atomic mass is 15.4. The maximum atomic E-state index is 5.43. The summed E-state index contributed by atoms with van der Waals surface area (Å²) in [6.07, 6.45) is 7.89. The van der Waals surface area contributed by atoms with Gasteiger partial charge in [0.05, 0.1) is 5.69 Å². The van der Waals surface area contributed by atoms with Crippen molar-refractivity contribution in [3.8, 4) is 0 Å². The zero-order valence-corrected chi connectivity index (χ0v) is 9.82. The van der Waals surface area contributed by atoms with Gasteiger partial charge in [0, 0.05) is 12.2 Å². The third kappa shape index (κ3) is 4.42. The third-order valence-electron chi connectivity index (χ3n) is 2.47. The first-order valence-corrected chi connectivity index (χ1v) is 5.85. The summed E-state index contributed by atoms with van der Waals surface area (Å²) < 4.78 is 1.91. The number of rotatable bonds is 7. The molecule has 0 fully saturated rings. The monoisotopic (exact) mass is 210 g/mol. The Hall–Kier alpha value is -0.900. The van der Waals surface area contributed by atoms with Crippen molar-refractivity contribution in [1.29, 1.82) is 0 Å². The Morgan fingerprint density at radius 3 is 2.60 bits per heavy atom. The molecule has 0 amide bonds. The number of nitrogens with zero attached hydrogens (tertiary/aromatic N) is 3. The van der Waals surface area contributed by atoms with Crippen LogP contribution >= 0.6 is 0 Å². The van der Waals surface area contributed by atoms with Crippen molar-refractivity contribution in [1.82, 2.24) is 15.0 Å². The van der Waals surface area contributed by atoms with E-state index < -0.39 is 0 Å². The number of aryl methyl sites for hydroxylation is 1. The van der Waals surface area contributed by atoms with E-state index >= 15 is 0 Å². The van der Waals surface area contributed by atoms with E-state index in [9.17, 15) is 0 Å². The fraction of sp³-hybridized carbons (Fsp3) is 0.818. The molecule has 0 spiro atoms. The Morgan fingerprint density at radius 1 is 1.27 bits per heavy atom. The number of hydrogen-bond donors (Lipinski definition) is 1. The van der Waals surface area contributed by atoms with Crippen LogP contribution in [0.5, 0.6) is 0 Å². The molecule has 1 heterocycles. The van der Waals surface area contributed by atoms with Gasteiger partial charge in [0.2, 0.25) is 0 Å². The number of hydrogen-bond acceptors (Lipinski definition) is 3. The van der Waals surface area contributed by atoms with Gasteiger partial charge in [0.1, 0.15) is 0 Å². The number of nitrogens with two attached hydrogens (primary N) is 1. The van der Waals surface area contributed by atoms with Crippen LogP contribution in [0.3, 0.4) is 0 Å². The van der Waals surface area contributed by atoms with Crippen molar-refractivity contribution in [3.05, 3.63) is 11.9 Å². The second kappa shape index (κ2) is 6.56. The summed E-state index contributed by atoms with van der Waals surface area (Å²) in [6, 6.07) is 0.406. The normalized spacial score (nSPS) is 11.2. The van der Waals surface area contributed by atoms with Gasteiger partial charge in [-0.25, -0.2) is 4.68 Å². The van der Waals surface area contributed by atoms with E-state index in [2.05, 4.69) is 24.2 Å². The molecule has 4 nitrogen and oxygen atoms in total. The molecule has 0 aliphatic heterocycles. The van der Waals surface area contributed by atoms with Crippen LogP contribution in [0.2, 0.25) is 0 Å². The maximum absolute atomic E-state index is 5.43. The Labute approximate surface area is 91.9 Å². The second-order valence-corrected chi connectivity index (χ2v) is 4.24. The van der Waals surface area contributed by atoms with Gasteiger partial charge in [-0.05, 0) is 39.7 Å². The van der Waals surface area contributed by atoms with Crippen molar-refractivity contribution >= 4 is 0 Å². The molecule has 0 unspecified atom stereocenters. The van der Waals surface area contributed by atoms with Gasteiger partial charge in [-0.2, -0.15) is 0 Å². The van der Waals surface area contributed by atoms with E-state index in [4.69, 9.17) is 5.73 Å². The van der Waals surface area contributed by atoms with Crippen molar-refractivity contribution in [3.63, 3.8) is 0 Å². The largest absolute Gasteiger partial charge is 0.330 e. The summed E-state index contributed by atoms with van der Waals surface area (Å²) in [5, 5.41) is 8.22. The SMILES string of the molecule is CC(C)n1cc(CCCCCCN)nn1. The first-order chi connectivity index (χ1) is 7.24. The smallest absolute Gasteiger partial charge is 0.0827 e. The van der Waals surface area contributed by atoms with E-state index in [1.165, 1.54) is 19.3 Å². The molecule has 1 aromatic rings. The van der Waals surface area contributed by atoms with Crippen LogP contribution in [-0.4, -0.2) is 21.5 Å². The fourth-order valence-corrected chi connectivity index (χ4v) is 1.48. The standard InChI is InChI=1S/C11H22N4/c1-10(2)15-9-11(13-14-15)7-5-3-4-6-8-12/h9-10H,3-8,12H2,1-2H3. The van der Waals surface area contributed by atoms with E-state index in [1.54, 1.807) is 0 Å². The molecule has 0 aliphatic carbocycles. The summed E-state index contributed by atoms with van der Waals surface area (Å²) in [6.45, 7) is 5.03. The maximum Gasteiger partial charge on any atom is 0.0827 e. The first kappa shape index (κ1) is 12.2. The summed E-state index contributed by atoms with van der Waals surface area (Å²) in [5.41, 5.74) is 6.54. The molecule has 0 saturated carbocycles. The Bertz CT molecular complexity index is 267. The van der Waals surface area contributed by atoms with E-state index in [-0.39, 0.29) is 0 Å². The highest BCUT2D eigenvalue weighted by molar-refractivity contribution is 4.92. The predicted molar refractivity (Wildman–Crippen MR) is 61.6 cm³/mol. The molecular weight excluding hydrogens is 188 g/mol. The highest BCUT2D eigenvalue weighted by Gasteiger charge is 2.02. The molecule has 4 heteroatoms. The molecule has 1 aromatic heterocycles. The quantitative estimate of drug-likeness (QED) is 0.699. The lowest BCUT2D eigenvalue weighted by molar-refractivity contribution is 0.514. The van der Waals surface area contributed by atoms with E-state index in [0.717, 1.165) is 25.1 Å². The molecular formula is C11H22N4. The van der Waals surface area contributed by atoms with Gasteiger partial charge < -0.3 is 5.73 Å². The van der Waals surface area contributed by atoms with Crippen LogP contribution in [0.4, 0.5) is 0 Å². The summed E-state index contributed by atoms with van der Waals surface area (Å²) in [7, 11) is 0. The topological polar surface area (TPSA) is 56.7 Å². The van der Waals surface area contributed by atoms with Crippen LogP contribution < -0.4 is 5.73 Å². The molecule has 0 radical (unpaired) electrons. The average molecular weight is 210 g/mol. The van der Waals surface area contributed by atoms with E-state index in [1.807, 2.05) is 10.9 Å². The van der Waals surface area contributed by atoms with Gasteiger partial charge in [-0.1, -0.05) is 18.1 Å². The van der Waals surface area contributed by atoms with Crippen LogP contribution in [0.25, 0.3) is 0 Å². The van der Waals surface area contributed by atoms with Crippen LogP contribution in [0, 0.1) is 0 Å². The molecule has 86 valence electrons. The molecule has 1 rings (SSSR count). The summed E-state index contributed by atoms with van der Waals surface area (Å²) >= 11 is 0. The Balaban J connectivity index is 2.20. The Kier molecular flexibility index (Phi) is 5.32. The van der Waals surface area contributed by atoms with Gasteiger partial charge in [0.15, 0.2) is 0 Å².